The van der Waals surface area contributed by atoms with Gasteiger partial charge < -0.3 is 14.6 Å². The number of carboxylic acids is 1. The van der Waals surface area contributed by atoms with Gasteiger partial charge in [0.15, 0.2) is 0 Å². The molecule has 36 heavy (non-hydrogen) atoms. The van der Waals surface area contributed by atoms with Gasteiger partial charge in [0, 0.05) is 27.9 Å². The minimum absolute atomic E-state index is 0.275. The Labute approximate surface area is 214 Å². The molecule has 0 radical (unpaired) electrons. The summed E-state index contributed by atoms with van der Waals surface area (Å²) in [4.78, 5) is 16.6. The van der Waals surface area contributed by atoms with Crippen molar-refractivity contribution in [1.29, 1.82) is 0 Å². The number of anilines is 1. The van der Waals surface area contributed by atoms with Crippen LogP contribution in [-0.2, 0) is 12.6 Å². The molecule has 0 fully saturated rings. The molecule has 0 saturated heterocycles. The van der Waals surface area contributed by atoms with E-state index in [-0.39, 0.29) is 5.56 Å². The number of alkyl halides is 3. The largest absolute Gasteiger partial charge is 0.493 e. The van der Waals surface area contributed by atoms with Crippen molar-refractivity contribution >= 4 is 34.9 Å². The second-order valence-corrected chi connectivity index (χ2v) is 9.57. The summed E-state index contributed by atoms with van der Waals surface area (Å²) in [7, 11) is 0. The number of aryl methyl sites for hydroxylation is 1. The third-order valence-electron chi connectivity index (χ3n) is 5.22. The van der Waals surface area contributed by atoms with E-state index in [0.29, 0.717) is 34.9 Å². The van der Waals surface area contributed by atoms with E-state index in [9.17, 15) is 23.1 Å². The van der Waals surface area contributed by atoms with Crippen LogP contribution < -0.4 is 9.46 Å². The summed E-state index contributed by atoms with van der Waals surface area (Å²) < 4.78 is 47.2. The average molecular weight is 531 g/mol. The normalized spacial score (nSPS) is 11.3. The number of hydrogen-bond acceptors (Lipinski definition) is 6. The van der Waals surface area contributed by atoms with E-state index in [1.807, 2.05) is 35.7 Å². The van der Waals surface area contributed by atoms with Crippen LogP contribution in [0.15, 0.2) is 77.0 Å². The van der Waals surface area contributed by atoms with Crippen LogP contribution in [0, 0.1) is 6.92 Å². The Hall–Kier alpha value is -3.50. The zero-order valence-corrected chi connectivity index (χ0v) is 20.6. The minimum atomic E-state index is -4.36. The third kappa shape index (κ3) is 6.58. The van der Waals surface area contributed by atoms with E-state index >= 15 is 0 Å². The highest BCUT2D eigenvalue weighted by atomic mass is 32.2. The van der Waals surface area contributed by atoms with Crippen molar-refractivity contribution in [3.63, 3.8) is 0 Å². The molecule has 0 amide bonds. The summed E-state index contributed by atoms with van der Waals surface area (Å²) in [6.45, 7) is 2.16. The fourth-order valence-electron chi connectivity index (χ4n) is 3.26. The number of nitrogens with one attached hydrogen (secondary N) is 1. The number of benzene rings is 3. The monoisotopic (exact) mass is 530 g/mol. The summed E-state index contributed by atoms with van der Waals surface area (Å²) >= 11 is 2.70. The molecular formula is C26H21F3N2O3S2. The molecule has 0 aliphatic heterocycles. The molecule has 10 heteroatoms. The summed E-state index contributed by atoms with van der Waals surface area (Å²) in [6, 6.07) is 17.6. The minimum Gasteiger partial charge on any atom is -0.493 e. The van der Waals surface area contributed by atoms with Gasteiger partial charge in [-0.05, 0) is 73.0 Å². The number of halogens is 3. The number of aromatic carboxylic acids is 1. The Morgan fingerprint density at radius 2 is 1.81 bits per heavy atom. The van der Waals surface area contributed by atoms with Crippen LogP contribution in [0.4, 0.5) is 18.9 Å². The number of carbonyl (C=O) groups is 1. The molecule has 5 nitrogen and oxygen atoms in total. The lowest BCUT2D eigenvalue weighted by molar-refractivity contribution is -0.137. The van der Waals surface area contributed by atoms with Crippen LogP contribution in [0.25, 0.3) is 10.6 Å². The molecule has 0 saturated carbocycles. The van der Waals surface area contributed by atoms with Gasteiger partial charge in [0.2, 0.25) is 0 Å². The van der Waals surface area contributed by atoms with Gasteiger partial charge in [-0.2, -0.15) is 13.2 Å². The van der Waals surface area contributed by atoms with Crippen molar-refractivity contribution in [1.82, 2.24) is 4.98 Å². The maximum atomic E-state index is 12.7. The van der Waals surface area contributed by atoms with E-state index < -0.39 is 17.7 Å². The van der Waals surface area contributed by atoms with Crippen molar-refractivity contribution in [2.75, 3.05) is 11.3 Å². The molecule has 3 aromatic carbocycles. The lowest BCUT2D eigenvalue weighted by atomic mass is 10.1. The molecule has 186 valence electrons. The Morgan fingerprint density at radius 3 is 2.47 bits per heavy atom. The first-order chi connectivity index (χ1) is 17.2. The van der Waals surface area contributed by atoms with Gasteiger partial charge in [0.05, 0.1) is 23.4 Å². The van der Waals surface area contributed by atoms with E-state index in [0.717, 1.165) is 28.4 Å². The van der Waals surface area contributed by atoms with Crippen LogP contribution >= 0.6 is 23.3 Å². The number of ether oxygens (including phenoxy) is 1. The second kappa shape index (κ2) is 11.0. The van der Waals surface area contributed by atoms with Gasteiger partial charge in [-0.3, -0.25) is 0 Å². The van der Waals surface area contributed by atoms with E-state index in [2.05, 4.69) is 9.71 Å². The van der Waals surface area contributed by atoms with Crippen LogP contribution in [0.2, 0.25) is 0 Å². The Bertz CT molecular complexity index is 1340. The highest BCUT2D eigenvalue weighted by Gasteiger charge is 2.30. The average Bonchev–Trinajstić information content (AvgIpc) is 3.33. The van der Waals surface area contributed by atoms with Gasteiger partial charge in [-0.15, -0.1) is 11.3 Å². The van der Waals surface area contributed by atoms with Crippen LogP contribution in [-0.4, -0.2) is 22.7 Å². The molecule has 1 aromatic heterocycles. The van der Waals surface area contributed by atoms with Gasteiger partial charge in [-0.1, -0.05) is 18.2 Å². The smallest absolute Gasteiger partial charge is 0.416 e. The summed E-state index contributed by atoms with van der Waals surface area (Å²) in [5.74, 6) is -0.267. The van der Waals surface area contributed by atoms with E-state index in [1.165, 1.54) is 35.4 Å². The van der Waals surface area contributed by atoms with E-state index in [4.69, 9.17) is 4.74 Å². The van der Waals surface area contributed by atoms with E-state index in [1.54, 1.807) is 19.1 Å². The van der Waals surface area contributed by atoms with Crippen molar-refractivity contribution in [2.24, 2.45) is 0 Å². The fraction of sp³-hybridized carbons (Fsp3) is 0.154. The number of rotatable bonds is 9. The zero-order valence-electron chi connectivity index (χ0n) is 19.0. The summed E-state index contributed by atoms with van der Waals surface area (Å²) in [5.41, 5.74) is 2.59. The molecular weight excluding hydrogens is 509 g/mol. The van der Waals surface area contributed by atoms with Crippen molar-refractivity contribution in [2.45, 2.75) is 24.4 Å². The van der Waals surface area contributed by atoms with Crippen molar-refractivity contribution < 1.29 is 27.8 Å². The van der Waals surface area contributed by atoms with Gasteiger partial charge >= 0.3 is 12.1 Å². The lowest BCUT2D eigenvalue weighted by Crippen LogP contribution is -2.04. The van der Waals surface area contributed by atoms with Gasteiger partial charge in [0.1, 0.15) is 10.8 Å². The predicted octanol–water partition coefficient (Wildman–Crippen LogP) is 7.58. The number of nitrogens with zero attached hydrogens (tertiary/aromatic N) is 1. The van der Waals surface area contributed by atoms with Crippen molar-refractivity contribution in [3.8, 4) is 16.3 Å². The molecule has 0 bridgehead atoms. The molecule has 2 N–H and O–H groups in total. The molecule has 0 atom stereocenters. The molecule has 0 spiro atoms. The highest BCUT2D eigenvalue weighted by Crippen LogP contribution is 2.32. The third-order valence-corrected chi connectivity index (χ3v) is 6.99. The first-order valence-electron chi connectivity index (χ1n) is 10.8. The van der Waals surface area contributed by atoms with Crippen LogP contribution in [0.5, 0.6) is 5.75 Å². The number of aromatic nitrogens is 1. The second-order valence-electron chi connectivity index (χ2n) is 7.83. The highest BCUT2D eigenvalue weighted by molar-refractivity contribution is 8.00. The Kier molecular flexibility index (Phi) is 7.85. The maximum absolute atomic E-state index is 12.7. The van der Waals surface area contributed by atoms with Crippen molar-refractivity contribution in [3.05, 3.63) is 94.5 Å². The number of hydrogen-bond donors (Lipinski definition) is 2. The molecule has 0 aliphatic rings. The Balaban J connectivity index is 1.26. The number of carboxylic acid groups (broad SMARTS) is 1. The van der Waals surface area contributed by atoms with Crippen LogP contribution in [0.3, 0.4) is 0 Å². The summed E-state index contributed by atoms with van der Waals surface area (Å²) in [6.07, 6.45) is -3.80. The molecule has 0 aliphatic carbocycles. The Morgan fingerprint density at radius 1 is 1.08 bits per heavy atom. The fourth-order valence-corrected chi connectivity index (χ4v) is 4.81. The van der Waals surface area contributed by atoms with Gasteiger partial charge in [0.25, 0.3) is 0 Å². The first kappa shape index (κ1) is 25.6. The SMILES string of the molecule is Cc1ccc(SNc2ccc(OCCc3csc(-c4ccc(C(F)(F)F)cc4)n3)cc2)cc1C(=O)O. The predicted molar refractivity (Wildman–Crippen MR) is 136 cm³/mol. The molecule has 0 unspecified atom stereocenters. The molecule has 4 rings (SSSR count). The van der Waals surface area contributed by atoms with Gasteiger partial charge in [-0.25, -0.2) is 9.78 Å². The zero-order chi connectivity index (χ0) is 25.7. The lowest BCUT2D eigenvalue weighted by Gasteiger charge is -2.09. The standard InChI is InChI=1S/C26H21F3N2O3S2/c1-16-2-11-22(14-23(16)25(32)33)36-31-19-7-9-21(10-8-19)34-13-12-20-15-35-24(30-20)17-3-5-18(6-4-17)26(27,28)29/h2-11,14-15,31H,12-13H2,1H3,(H,32,33). The van der Waals surface area contributed by atoms with Crippen LogP contribution in [0.1, 0.15) is 27.2 Å². The molecule has 4 aromatic rings. The maximum Gasteiger partial charge on any atom is 0.416 e. The molecule has 1 heterocycles. The number of thiazole rings is 1. The quantitative estimate of drug-likeness (QED) is 0.217. The topological polar surface area (TPSA) is 71.5 Å². The summed E-state index contributed by atoms with van der Waals surface area (Å²) in [5, 5.41) is 11.8. The first-order valence-corrected chi connectivity index (χ1v) is 12.5.